The van der Waals surface area contributed by atoms with Crippen LogP contribution in [0, 0.1) is 11.6 Å². The highest BCUT2D eigenvalue weighted by molar-refractivity contribution is 5.23. The zero-order valence-corrected chi connectivity index (χ0v) is 7.43. The van der Waals surface area contributed by atoms with E-state index in [-0.39, 0.29) is 18.5 Å². The Kier molecular flexibility index (Phi) is 2.46. The molecule has 1 aliphatic heterocycles. The van der Waals surface area contributed by atoms with Crippen LogP contribution >= 0.6 is 0 Å². The summed E-state index contributed by atoms with van der Waals surface area (Å²) in [6.45, 7) is 0.209. The van der Waals surface area contributed by atoms with Crippen LogP contribution in [0.4, 0.5) is 13.2 Å². The van der Waals surface area contributed by atoms with Crippen molar-refractivity contribution in [2.75, 3.05) is 6.54 Å². The number of hydrogen-bond donors (Lipinski definition) is 1. The maximum absolute atomic E-state index is 13.2. The van der Waals surface area contributed by atoms with Crippen LogP contribution in [0.25, 0.3) is 0 Å². The van der Waals surface area contributed by atoms with Crippen LogP contribution in [0.5, 0.6) is 0 Å². The molecular formula is C10H10F3N. The van der Waals surface area contributed by atoms with Crippen molar-refractivity contribution in [3.05, 3.63) is 35.4 Å². The standard InChI is InChI=1S/C10H10F3N/c11-6-1-2-9(13)8(3-6)10-4-7(12)5-14-10/h1-3,7,10,14H,4-5H2/t7-,10+/m0/s1. The van der Waals surface area contributed by atoms with Gasteiger partial charge in [0.05, 0.1) is 0 Å². The molecule has 1 saturated heterocycles. The maximum atomic E-state index is 13.2. The Morgan fingerprint density at radius 2 is 2.07 bits per heavy atom. The Balaban J connectivity index is 2.27. The molecule has 0 saturated carbocycles. The molecule has 0 amide bonds. The fourth-order valence-electron chi connectivity index (χ4n) is 1.71. The summed E-state index contributed by atoms with van der Waals surface area (Å²) in [5, 5.41) is 2.81. The van der Waals surface area contributed by atoms with Crippen molar-refractivity contribution >= 4 is 0 Å². The van der Waals surface area contributed by atoms with Gasteiger partial charge in [0.2, 0.25) is 0 Å². The first-order valence-corrected chi connectivity index (χ1v) is 4.49. The molecule has 2 rings (SSSR count). The Hall–Kier alpha value is -1.03. The number of halogens is 3. The molecule has 76 valence electrons. The van der Waals surface area contributed by atoms with E-state index >= 15 is 0 Å². The minimum absolute atomic E-state index is 0.209. The summed E-state index contributed by atoms with van der Waals surface area (Å²) in [6.07, 6.45) is -0.761. The lowest BCUT2D eigenvalue weighted by atomic mass is 10.0. The monoisotopic (exact) mass is 201 g/mol. The molecule has 14 heavy (non-hydrogen) atoms. The summed E-state index contributed by atoms with van der Waals surface area (Å²) in [4.78, 5) is 0. The highest BCUT2D eigenvalue weighted by Crippen LogP contribution is 2.27. The summed E-state index contributed by atoms with van der Waals surface area (Å²) >= 11 is 0. The van der Waals surface area contributed by atoms with Crippen LogP contribution in [0.1, 0.15) is 18.0 Å². The van der Waals surface area contributed by atoms with Crippen LogP contribution in [-0.4, -0.2) is 12.7 Å². The van der Waals surface area contributed by atoms with Gasteiger partial charge in [-0.1, -0.05) is 0 Å². The molecule has 1 N–H and O–H groups in total. The molecule has 0 bridgehead atoms. The van der Waals surface area contributed by atoms with Crippen LogP contribution < -0.4 is 5.32 Å². The van der Waals surface area contributed by atoms with Gasteiger partial charge in [-0.05, 0) is 24.6 Å². The lowest BCUT2D eigenvalue weighted by molar-refractivity contribution is 0.355. The minimum atomic E-state index is -0.970. The van der Waals surface area contributed by atoms with E-state index in [2.05, 4.69) is 5.32 Å². The molecule has 1 aromatic carbocycles. The second kappa shape index (κ2) is 3.61. The quantitative estimate of drug-likeness (QED) is 0.735. The first-order chi connectivity index (χ1) is 6.66. The molecule has 0 radical (unpaired) electrons. The molecule has 1 fully saturated rings. The van der Waals surface area contributed by atoms with Crippen molar-refractivity contribution in [1.29, 1.82) is 0 Å². The van der Waals surface area contributed by atoms with E-state index in [1.54, 1.807) is 0 Å². The van der Waals surface area contributed by atoms with Crippen molar-refractivity contribution < 1.29 is 13.2 Å². The predicted octanol–water partition coefficient (Wildman–Crippen LogP) is 2.34. The second-order valence-corrected chi connectivity index (χ2v) is 3.46. The molecular weight excluding hydrogens is 191 g/mol. The highest BCUT2D eigenvalue weighted by atomic mass is 19.1. The van der Waals surface area contributed by atoms with Gasteiger partial charge in [0.1, 0.15) is 17.8 Å². The Morgan fingerprint density at radius 3 is 2.71 bits per heavy atom. The van der Waals surface area contributed by atoms with Crippen molar-refractivity contribution in [2.24, 2.45) is 0 Å². The van der Waals surface area contributed by atoms with E-state index in [9.17, 15) is 13.2 Å². The van der Waals surface area contributed by atoms with Gasteiger partial charge in [0, 0.05) is 18.2 Å². The summed E-state index contributed by atoms with van der Waals surface area (Å²) in [6, 6.07) is 2.84. The zero-order chi connectivity index (χ0) is 10.1. The molecule has 0 unspecified atom stereocenters. The van der Waals surface area contributed by atoms with Gasteiger partial charge in [0.15, 0.2) is 0 Å². The number of alkyl halides is 1. The van der Waals surface area contributed by atoms with E-state index in [1.165, 1.54) is 0 Å². The number of rotatable bonds is 1. The molecule has 1 heterocycles. The fourth-order valence-corrected chi connectivity index (χ4v) is 1.71. The van der Waals surface area contributed by atoms with Gasteiger partial charge < -0.3 is 5.32 Å². The molecule has 0 aliphatic carbocycles. The van der Waals surface area contributed by atoms with Crippen molar-refractivity contribution in [3.63, 3.8) is 0 Å². The smallest absolute Gasteiger partial charge is 0.128 e. The molecule has 0 aromatic heterocycles. The lowest BCUT2D eigenvalue weighted by Gasteiger charge is -2.10. The number of benzene rings is 1. The molecule has 4 heteroatoms. The third-order valence-electron chi connectivity index (χ3n) is 2.41. The SMILES string of the molecule is Fc1ccc(F)c([C@H]2C[C@H](F)CN2)c1. The fraction of sp³-hybridized carbons (Fsp3) is 0.400. The van der Waals surface area contributed by atoms with Crippen LogP contribution in [0.2, 0.25) is 0 Å². The second-order valence-electron chi connectivity index (χ2n) is 3.46. The summed E-state index contributed by atoms with van der Waals surface area (Å²) in [5.41, 5.74) is 0.213. The predicted molar refractivity (Wildman–Crippen MR) is 46.6 cm³/mol. The maximum Gasteiger partial charge on any atom is 0.128 e. The van der Waals surface area contributed by atoms with Crippen molar-refractivity contribution in [1.82, 2.24) is 5.32 Å². The average Bonchev–Trinajstić information content (AvgIpc) is 2.56. The third kappa shape index (κ3) is 1.75. The van der Waals surface area contributed by atoms with E-state index in [0.29, 0.717) is 0 Å². The first-order valence-electron chi connectivity index (χ1n) is 4.49. The average molecular weight is 201 g/mol. The summed E-state index contributed by atoms with van der Waals surface area (Å²) in [5.74, 6) is -0.983. The van der Waals surface area contributed by atoms with Crippen molar-refractivity contribution in [2.45, 2.75) is 18.6 Å². The van der Waals surface area contributed by atoms with Crippen LogP contribution in [0.3, 0.4) is 0 Å². The number of hydrogen-bond acceptors (Lipinski definition) is 1. The van der Waals surface area contributed by atoms with Crippen LogP contribution in [0.15, 0.2) is 18.2 Å². The van der Waals surface area contributed by atoms with E-state index in [1.807, 2.05) is 0 Å². The van der Waals surface area contributed by atoms with Gasteiger partial charge >= 0.3 is 0 Å². The molecule has 1 aromatic rings. The molecule has 0 spiro atoms. The Morgan fingerprint density at radius 1 is 1.29 bits per heavy atom. The van der Waals surface area contributed by atoms with Gasteiger partial charge in [-0.25, -0.2) is 13.2 Å². The lowest BCUT2D eigenvalue weighted by Crippen LogP contribution is -2.15. The Labute approximate surface area is 79.9 Å². The molecule has 1 aliphatic rings. The highest BCUT2D eigenvalue weighted by Gasteiger charge is 2.26. The van der Waals surface area contributed by atoms with Gasteiger partial charge in [-0.15, -0.1) is 0 Å². The van der Waals surface area contributed by atoms with E-state index in [4.69, 9.17) is 0 Å². The molecule has 2 atom stereocenters. The summed E-state index contributed by atoms with van der Waals surface area (Å²) < 4.78 is 38.8. The van der Waals surface area contributed by atoms with Gasteiger partial charge in [-0.2, -0.15) is 0 Å². The zero-order valence-electron chi connectivity index (χ0n) is 7.43. The Bertz CT molecular complexity index is 340. The first kappa shape index (κ1) is 9.52. The normalized spacial score (nSPS) is 26.8. The van der Waals surface area contributed by atoms with E-state index in [0.717, 1.165) is 18.2 Å². The number of nitrogens with one attached hydrogen (secondary N) is 1. The topological polar surface area (TPSA) is 12.0 Å². The van der Waals surface area contributed by atoms with Crippen LogP contribution in [-0.2, 0) is 0 Å². The van der Waals surface area contributed by atoms with Crippen molar-refractivity contribution in [3.8, 4) is 0 Å². The van der Waals surface area contributed by atoms with Gasteiger partial charge in [0.25, 0.3) is 0 Å². The van der Waals surface area contributed by atoms with Gasteiger partial charge in [-0.3, -0.25) is 0 Å². The largest absolute Gasteiger partial charge is 0.307 e. The summed E-state index contributed by atoms with van der Waals surface area (Å²) in [7, 11) is 0. The minimum Gasteiger partial charge on any atom is -0.307 e. The third-order valence-corrected chi connectivity index (χ3v) is 2.41. The van der Waals surface area contributed by atoms with E-state index < -0.39 is 23.8 Å². The molecule has 1 nitrogen and oxygen atoms in total.